The van der Waals surface area contributed by atoms with E-state index in [0.29, 0.717) is 16.5 Å². The Hall–Kier alpha value is -1.07. The highest BCUT2D eigenvalue weighted by Gasteiger charge is 2.36. The summed E-state index contributed by atoms with van der Waals surface area (Å²) in [5.41, 5.74) is 6.90. The number of nitrogen functional groups attached to an aromatic ring is 1. The molecule has 5 heteroatoms. The van der Waals surface area contributed by atoms with Crippen LogP contribution in [0.4, 0.5) is 5.69 Å². The van der Waals surface area contributed by atoms with Crippen molar-refractivity contribution in [3.8, 4) is 0 Å². The summed E-state index contributed by atoms with van der Waals surface area (Å²) < 4.78 is 26.6. The van der Waals surface area contributed by atoms with Gasteiger partial charge in [0.1, 0.15) is 0 Å². The smallest absolute Gasteiger partial charge is 0.243 e. The monoisotopic (exact) mass is 268 g/mol. The molecule has 1 aromatic rings. The maximum Gasteiger partial charge on any atom is 0.243 e. The van der Waals surface area contributed by atoms with Crippen molar-refractivity contribution >= 4 is 15.7 Å². The number of nitrogens with zero attached hydrogens (tertiary/aromatic N) is 1. The second-order valence-corrected chi connectivity index (χ2v) is 7.09. The Bertz CT molecular complexity index is 550. The fourth-order valence-electron chi connectivity index (χ4n) is 2.14. The number of sulfonamides is 1. The van der Waals surface area contributed by atoms with E-state index in [2.05, 4.69) is 0 Å². The summed E-state index contributed by atoms with van der Waals surface area (Å²) in [4.78, 5) is 0.317. The summed E-state index contributed by atoms with van der Waals surface area (Å²) in [5, 5.41) is 0. The fraction of sp³-hybridized carbons (Fsp3) is 0.538. The molecule has 100 valence electrons. The summed E-state index contributed by atoms with van der Waals surface area (Å²) in [5.74, 6) is 0.506. The third-order valence-electron chi connectivity index (χ3n) is 3.75. The first-order chi connectivity index (χ1) is 8.34. The average molecular weight is 268 g/mol. The molecule has 2 rings (SSSR count). The van der Waals surface area contributed by atoms with Gasteiger partial charge >= 0.3 is 0 Å². The van der Waals surface area contributed by atoms with Crippen LogP contribution in [-0.4, -0.2) is 25.8 Å². The molecular formula is C13H20N2O2S. The highest BCUT2D eigenvalue weighted by Crippen LogP contribution is 2.36. The number of aryl methyl sites for hydroxylation is 1. The lowest BCUT2D eigenvalue weighted by Crippen LogP contribution is -2.36. The Morgan fingerprint density at radius 2 is 2.00 bits per heavy atom. The number of hydrogen-bond donors (Lipinski definition) is 1. The quantitative estimate of drug-likeness (QED) is 0.849. The molecular weight excluding hydrogens is 248 g/mol. The number of rotatable bonds is 4. The second kappa shape index (κ2) is 4.55. The Morgan fingerprint density at radius 1 is 1.39 bits per heavy atom. The van der Waals surface area contributed by atoms with Gasteiger partial charge in [-0.2, -0.15) is 4.31 Å². The highest BCUT2D eigenvalue weighted by molar-refractivity contribution is 7.89. The predicted molar refractivity (Wildman–Crippen MR) is 72.7 cm³/mol. The molecule has 1 aromatic carbocycles. The molecule has 1 aliphatic carbocycles. The lowest BCUT2D eigenvalue weighted by Gasteiger charge is -2.25. The first-order valence-corrected chi connectivity index (χ1v) is 7.62. The van der Waals surface area contributed by atoms with Gasteiger partial charge < -0.3 is 5.73 Å². The summed E-state index contributed by atoms with van der Waals surface area (Å²) in [6, 6.07) is 5.06. The van der Waals surface area contributed by atoms with E-state index < -0.39 is 10.0 Å². The molecule has 0 amide bonds. The van der Waals surface area contributed by atoms with E-state index >= 15 is 0 Å². The molecule has 0 aliphatic heterocycles. The molecule has 2 N–H and O–H groups in total. The van der Waals surface area contributed by atoms with Crippen molar-refractivity contribution in [1.29, 1.82) is 0 Å². The first-order valence-electron chi connectivity index (χ1n) is 6.18. The normalized spacial score (nSPS) is 18.0. The number of nitrogens with two attached hydrogens (primary N) is 1. The van der Waals surface area contributed by atoms with Crippen LogP contribution in [0.2, 0.25) is 0 Å². The highest BCUT2D eigenvalue weighted by atomic mass is 32.2. The molecule has 1 atom stereocenters. The summed E-state index contributed by atoms with van der Waals surface area (Å²) in [7, 11) is -1.79. The van der Waals surface area contributed by atoms with Crippen LogP contribution in [0.25, 0.3) is 0 Å². The van der Waals surface area contributed by atoms with Gasteiger partial charge in [0.2, 0.25) is 10.0 Å². The van der Waals surface area contributed by atoms with E-state index in [1.54, 1.807) is 32.2 Å². The minimum atomic E-state index is -3.44. The summed E-state index contributed by atoms with van der Waals surface area (Å²) >= 11 is 0. The van der Waals surface area contributed by atoms with Crippen LogP contribution in [-0.2, 0) is 10.0 Å². The molecule has 0 spiro atoms. The van der Waals surface area contributed by atoms with Gasteiger partial charge in [0, 0.05) is 18.8 Å². The Kier molecular flexibility index (Phi) is 3.38. The van der Waals surface area contributed by atoms with Gasteiger partial charge in [-0.1, -0.05) is 6.07 Å². The van der Waals surface area contributed by atoms with E-state index in [1.807, 2.05) is 6.92 Å². The third kappa shape index (κ3) is 2.37. The van der Waals surface area contributed by atoms with Gasteiger partial charge in [0.05, 0.1) is 4.90 Å². The van der Waals surface area contributed by atoms with Crippen LogP contribution in [0.3, 0.4) is 0 Å². The molecule has 0 saturated heterocycles. The van der Waals surface area contributed by atoms with Crippen LogP contribution >= 0.6 is 0 Å². The first kappa shape index (κ1) is 13.4. The topological polar surface area (TPSA) is 63.4 Å². The van der Waals surface area contributed by atoms with Crippen LogP contribution in [0.1, 0.15) is 25.3 Å². The zero-order valence-corrected chi connectivity index (χ0v) is 11.9. The minimum Gasteiger partial charge on any atom is -0.399 e. The third-order valence-corrected chi connectivity index (χ3v) is 5.83. The Labute approximate surface area is 109 Å². The Morgan fingerprint density at radius 3 is 2.56 bits per heavy atom. The molecule has 1 saturated carbocycles. The molecule has 0 bridgehead atoms. The van der Waals surface area contributed by atoms with Crippen molar-refractivity contribution in [2.75, 3.05) is 12.8 Å². The van der Waals surface area contributed by atoms with Crippen molar-refractivity contribution in [1.82, 2.24) is 4.31 Å². The molecule has 1 fully saturated rings. The van der Waals surface area contributed by atoms with E-state index in [-0.39, 0.29) is 6.04 Å². The molecule has 0 heterocycles. The molecule has 0 radical (unpaired) electrons. The van der Waals surface area contributed by atoms with E-state index in [1.165, 1.54) is 4.31 Å². The minimum absolute atomic E-state index is 0.0517. The lowest BCUT2D eigenvalue weighted by atomic mass is 10.2. The van der Waals surface area contributed by atoms with Crippen LogP contribution in [0.15, 0.2) is 23.1 Å². The number of benzene rings is 1. The zero-order valence-electron chi connectivity index (χ0n) is 11.1. The molecule has 4 nitrogen and oxygen atoms in total. The van der Waals surface area contributed by atoms with E-state index in [9.17, 15) is 8.42 Å². The zero-order chi connectivity index (χ0) is 13.5. The van der Waals surface area contributed by atoms with Gasteiger partial charge in [-0.3, -0.25) is 0 Å². The van der Waals surface area contributed by atoms with Crippen LogP contribution in [0, 0.1) is 12.8 Å². The summed E-state index contributed by atoms with van der Waals surface area (Å²) in [6.45, 7) is 3.76. The van der Waals surface area contributed by atoms with Gasteiger partial charge in [-0.15, -0.1) is 0 Å². The van der Waals surface area contributed by atoms with Crippen molar-refractivity contribution in [2.24, 2.45) is 5.92 Å². The average Bonchev–Trinajstić information content (AvgIpc) is 3.14. The van der Waals surface area contributed by atoms with Gasteiger partial charge in [-0.05, 0) is 50.3 Å². The second-order valence-electron chi connectivity index (χ2n) is 5.12. The van der Waals surface area contributed by atoms with Crippen molar-refractivity contribution in [3.05, 3.63) is 23.8 Å². The fourth-order valence-corrected chi connectivity index (χ4v) is 3.82. The van der Waals surface area contributed by atoms with Crippen molar-refractivity contribution < 1.29 is 8.42 Å². The maximum absolute atomic E-state index is 12.5. The molecule has 18 heavy (non-hydrogen) atoms. The van der Waals surface area contributed by atoms with E-state index in [0.717, 1.165) is 18.4 Å². The maximum atomic E-state index is 12.5. The van der Waals surface area contributed by atoms with Crippen molar-refractivity contribution in [2.45, 2.75) is 37.6 Å². The molecule has 1 aliphatic rings. The molecule has 1 unspecified atom stereocenters. The standard InChI is InChI=1S/C13H20N2O2S/c1-9-4-7-12(14)8-13(9)18(16,17)15(3)10(2)11-5-6-11/h4,7-8,10-11H,5-6,14H2,1-3H3. The van der Waals surface area contributed by atoms with Crippen molar-refractivity contribution in [3.63, 3.8) is 0 Å². The predicted octanol–water partition coefficient (Wildman–Crippen LogP) is 2.00. The van der Waals surface area contributed by atoms with Gasteiger partial charge in [0.15, 0.2) is 0 Å². The van der Waals surface area contributed by atoms with Gasteiger partial charge in [-0.25, -0.2) is 8.42 Å². The Balaban J connectivity index is 2.37. The largest absolute Gasteiger partial charge is 0.399 e. The summed E-state index contributed by atoms with van der Waals surface area (Å²) in [6.07, 6.45) is 2.24. The van der Waals surface area contributed by atoms with Crippen LogP contribution < -0.4 is 5.73 Å². The van der Waals surface area contributed by atoms with E-state index in [4.69, 9.17) is 5.73 Å². The van der Waals surface area contributed by atoms with Crippen LogP contribution in [0.5, 0.6) is 0 Å². The SMILES string of the molecule is Cc1ccc(N)cc1S(=O)(=O)N(C)C(C)C1CC1. The lowest BCUT2D eigenvalue weighted by molar-refractivity contribution is 0.357. The number of anilines is 1. The van der Waals surface area contributed by atoms with Gasteiger partial charge in [0.25, 0.3) is 0 Å². The molecule has 0 aromatic heterocycles. The number of hydrogen-bond acceptors (Lipinski definition) is 3.